The third-order valence-electron chi connectivity index (χ3n) is 6.18. The second-order valence-corrected chi connectivity index (χ2v) is 8.12. The van der Waals surface area contributed by atoms with E-state index in [1.807, 2.05) is 24.3 Å². The van der Waals surface area contributed by atoms with E-state index in [2.05, 4.69) is 10.3 Å². The first-order chi connectivity index (χ1) is 14.8. The van der Waals surface area contributed by atoms with Gasteiger partial charge in [0.05, 0.1) is 24.4 Å². The molecule has 1 aromatic carbocycles. The van der Waals surface area contributed by atoms with E-state index in [0.717, 1.165) is 10.5 Å². The SMILES string of the molecule is CCOC(=O)c1c(C)[nH]c(C(=O)CN2C(=O)N[C@]3(CCc4ccccc4C3)C2=O)c1C. The molecule has 0 saturated carbocycles. The average Bonchev–Trinajstić information content (AvgIpc) is 3.15. The van der Waals surface area contributed by atoms with Crippen molar-refractivity contribution in [2.45, 2.75) is 45.6 Å². The second-order valence-electron chi connectivity index (χ2n) is 8.12. The minimum Gasteiger partial charge on any atom is -0.462 e. The van der Waals surface area contributed by atoms with Crippen molar-refractivity contribution in [2.24, 2.45) is 0 Å². The molecule has 8 heteroatoms. The Morgan fingerprint density at radius 1 is 1.16 bits per heavy atom. The number of esters is 1. The van der Waals surface area contributed by atoms with Gasteiger partial charge >= 0.3 is 12.0 Å². The number of hydrogen-bond acceptors (Lipinski definition) is 5. The van der Waals surface area contributed by atoms with E-state index >= 15 is 0 Å². The molecule has 1 fully saturated rings. The molecule has 0 bridgehead atoms. The summed E-state index contributed by atoms with van der Waals surface area (Å²) in [6, 6.07) is 7.30. The molecule has 1 spiro atoms. The van der Waals surface area contributed by atoms with Crippen molar-refractivity contribution in [3.63, 3.8) is 0 Å². The highest BCUT2D eigenvalue weighted by molar-refractivity contribution is 6.12. The average molecular weight is 423 g/mol. The lowest BCUT2D eigenvalue weighted by Crippen LogP contribution is -2.51. The number of Topliss-reactive ketones (excluding diaryl/α,β-unsaturated/α-hetero) is 1. The van der Waals surface area contributed by atoms with Crippen LogP contribution in [0.4, 0.5) is 4.79 Å². The fourth-order valence-electron chi connectivity index (χ4n) is 4.61. The number of aromatic amines is 1. The molecule has 2 aliphatic rings. The van der Waals surface area contributed by atoms with Crippen LogP contribution in [0.15, 0.2) is 24.3 Å². The highest BCUT2D eigenvalue weighted by Crippen LogP contribution is 2.33. The molecule has 31 heavy (non-hydrogen) atoms. The molecule has 2 aromatic rings. The van der Waals surface area contributed by atoms with Crippen LogP contribution in [0.3, 0.4) is 0 Å². The molecule has 1 aliphatic carbocycles. The van der Waals surface area contributed by atoms with Crippen molar-refractivity contribution in [3.8, 4) is 0 Å². The summed E-state index contributed by atoms with van der Waals surface area (Å²) in [6.45, 7) is 4.86. The molecular formula is C23H25N3O5. The van der Waals surface area contributed by atoms with Gasteiger partial charge in [-0.15, -0.1) is 0 Å². The van der Waals surface area contributed by atoms with E-state index in [1.165, 1.54) is 5.56 Å². The van der Waals surface area contributed by atoms with Gasteiger partial charge in [0, 0.05) is 12.1 Å². The Bertz CT molecular complexity index is 1100. The molecule has 1 saturated heterocycles. The zero-order valence-electron chi connectivity index (χ0n) is 17.8. The van der Waals surface area contributed by atoms with E-state index in [0.29, 0.717) is 36.1 Å². The third-order valence-corrected chi connectivity index (χ3v) is 6.18. The maximum Gasteiger partial charge on any atom is 0.340 e. The zero-order valence-corrected chi connectivity index (χ0v) is 17.8. The van der Waals surface area contributed by atoms with Crippen molar-refractivity contribution >= 4 is 23.7 Å². The summed E-state index contributed by atoms with van der Waals surface area (Å²) in [5.74, 6) is -1.33. The molecule has 1 atom stereocenters. The highest BCUT2D eigenvalue weighted by Gasteiger charge is 2.52. The summed E-state index contributed by atoms with van der Waals surface area (Å²) in [4.78, 5) is 54.9. The molecule has 2 heterocycles. The number of carbonyl (C=O) groups excluding carboxylic acids is 4. The van der Waals surface area contributed by atoms with E-state index in [-0.39, 0.29) is 18.2 Å². The molecule has 162 valence electrons. The number of H-pyrrole nitrogens is 1. The van der Waals surface area contributed by atoms with Gasteiger partial charge < -0.3 is 15.0 Å². The number of amides is 3. The summed E-state index contributed by atoms with van der Waals surface area (Å²) >= 11 is 0. The van der Waals surface area contributed by atoms with Crippen LogP contribution in [-0.4, -0.2) is 52.3 Å². The van der Waals surface area contributed by atoms with Crippen LogP contribution < -0.4 is 5.32 Å². The Kier molecular flexibility index (Phi) is 5.16. The minimum atomic E-state index is -1.01. The van der Waals surface area contributed by atoms with Gasteiger partial charge in [-0.3, -0.25) is 14.5 Å². The number of carbonyl (C=O) groups is 4. The van der Waals surface area contributed by atoms with E-state index in [1.54, 1.807) is 20.8 Å². The fraction of sp³-hybridized carbons (Fsp3) is 0.391. The predicted molar refractivity (Wildman–Crippen MR) is 112 cm³/mol. The number of hydrogen-bond donors (Lipinski definition) is 2. The van der Waals surface area contributed by atoms with Crippen LogP contribution in [0, 0.1) is 13.8 Å². The first-order valence-electron chi connectivity index (χ1n) is 10.4. The number of ether oxygens (including phenoxy) is 1. The standard InChI is InChI=1S/C23H25N3O5/c1-4-31-20(28)18-13(2)19(24-14(18)3)17(27)12-26-21(29)23(25-22(26)30)10-9-15-7-5-6-8-16(15)11-23/h5-8,24H,4,9-12H2,1-3H3,(H,25,30)/t23-/m0/s1. The lowest BCUT2D eigenvalue weighted by Gasteiger charge is -2.32. The Balaban J connectivity index is 1.55. The Morgan fingerprint density at radius 3 is 2.58 bits per heavy atom. The third kappa shape index (κ3) is 3.41. The summed E-state index contributed by atoms with van der Waals surface area (Å²) in [7, 11) is 0. The van der Waals surface area contributed by atoms with Crippen LogP contribution in [-0.2, 0) is 22.4 Å². The first kappa shape index (κ1) is 20.8. The molecule has 2 N–H and O–H groups in total. The van der Waals surface area contributed by atoms with Gasteiger partial charge in [-0.1, -0.05) is 24.3 Å². The first-order valence-corrected chi connectivity index (χ1v) is 10.4. The summed E-state index contributed by atoms with van der Waals surface area (Å²) in [5, 5.41) is 2.83. The smallest absolute Gasteiger partial charge is 0.340 e. The number of rotatable bonds is 5. The number of nitrogens with zero attached hydrogens (tertiary/aromatic N) is 1. The van der Waals surface area contributed by atoms with Crippen molar-refractivity contribution in [2.75, 3.05) is 13.2 Å². The molecule has 1 aromatic heterocycles. The fourth-order valence-corrected chi connectivity index (χ4v) is 4.61. The molecule has 0 unspecified atom stereocenters. The van der Waals surface area contributed by atoms with Crippen LogP contribution in [0.2, 0.25) is 0 Å². The summed E-state index contributed by atoms with van der Waals surface area (Å²) in [5.41, 5.74) is 2.67. The number of nitrogens with one attached hydrogen (secondary N) is 2. The van der Waals surface area contributed by atoms with E-state index < -0.39 is 29.9 Å². The van der Waals surface area contributed by atoms with Gasteiger partial charge in [0.1, 0.15) is 5.54 Å². The zero-order chi connectivity index (χ0) is 22.3. The molecule has 0 radical (unpaired) electrons. The van der Waals surface area contributed by atoms with Crippen LogP contribution >= 0.6 is 0 Å². The van der Waals surface area contributed by atoms with Crippen molar-refractivity contribution < 1.29 is 23.9 Å². The van der Waals surface area contributed by atoms with Gasteiger partial charge in [-0.2, -0.15) is 0 Å². The van der Waals surface area contributed by atoms with Gasteiger partial charge in [0.15, 0.2) is 5.78 Å². The van der Waals surface area contributed by atoms with Gasteiger partial charge in [-0.25, -0.2) is 9.59 Å². The van der Waals surface area contributed by atoms with Crippen molar-refractivity contribution in [3.05, 3.63) is 57.9 Å². The number of fused-ring (bicyclic) bond motifs is 1. The number of aromatic nitrogens is 1. The summed E-state index contributed by atoms with van der Waals surface area (Å²) < 4.78 is 5.06. The lowest BCUT2D eigenvalue weighted by atomic mass is 9.78. The number of aryl methyl sites for hydroxylation is 2. The molecular weight excluding hydrogens is 398 g/mol. The highest BCUT2D eigenvalue weighted by atomic mass is 16.5. The molecule has 4 rings (SSSR count). The van der Waals surface area contributed by atoms with E-state index in [9.17, 15) is 19.2 Å². The molecule has 1 aliphatic heterocycles. The normalized spacial score (nSPS) is 20.0. The quantitative estimate of drug-likeness (QED) is 0.436. The summed E-state index contributed by atoms with van der Waals surface area (Å²) in [6.07, 6.45) is 1.58. The van der Waals surface area contributed by atoms with Crippen molar-refractivity contribution in [1.29, 1.82) is 0 Å². The maximum atomic E-state index is 13.2. The molecule has 8 nitrogen and oxygen atoms in total. The van der Waals surface area contributed by atoms with Crippen LogP contribution in [0.5, 0.6) is 0 Å². The maximum absolute atomic E-state index is 13.2. The van der Waals surface area contributed by atoms with Crippen LogP contribution in [0.1, 0.15) is 56.6 Å². The number of urea groups is 1. The molecule has 3 amide bonds. The number of imide groups is 1. The van der Waals surface area contributed by atoms with Gasteiger partial charge in [0.2, 0.25) is 0 Å². The second kappa shape index (κ2) is 7.68. The minimum absolute atomic E-state index is 0.205. The van der Waals surface area contributed by atoms with Crippen molar-refractivity contribution in [1.82, 2.24) is 15.2 Å². The Hall–Kier alpha value is -3.42. The van der Waals surface area contributed by atoms with Gasteiger partial charge in [-0.05, 0) is 50.3 Å². The predicted octanol–water partition coefficient (Wildman–Crippen LogP) is 2.47. The topological polar surface area (TPSA) is 109 Å². The monoisotopic (exact) mass is 423 g/mol. The number of benzene rings is 1. The largest absolute Gasteiger partial charge is 0.462 e. The lowest BCUT2D eigenvalue weighted by molar-refractivity contribution is -0.131. The van der Waals surface area contributed by atoms with Gasteiger partial charge in [0.25, 0.3) is 5.91 Å². The Morgan fingerprint density at radius 2 is 1.87 bits per heavy atom. The van der Waals surface area contributed by atoms with Crippen LogP contribution in [0.25, 0.3) is 0 Å². The number of ketones is 1. The Labute approximate surface area is 179 Å². The van der Waals surface area contributed by atoms with E-state index in [4.69, 9.17) is 4.74 Å².